The van der Waals surface area contributed by atoms with Crippen LogP contribution < -0.4 is 5.73 Å². The van der Waals surface area contributed by atoms with Gasteiger partial charge in [0.05, 0.1) is 24.1 Å². The Morgan fingerprint density at radius 3 is 3.06 bits per heavy atom. The highest BCUT2D eigenvalue weighted by Crippen LogP contribution is 2.17. The molecule has 0 fully saturated rings. The van der Waals surface area contributed by atoms with Crippen LogP contribution in [-0.2, 0) is 13.0 Å². The van der Waals surface area contributed by atoms with Crippen LogP contribution in [0.15, 0.2) is 18.1 Å². The van der Waals surface area contributed by atoms with E-state index < -0.39 is 0 Å². The molecule has 2 rings (SSSR count). The van der Waals surface area contributed by atoms with Gasteiger partial charge in [0.2, 0.25) is 0 Å². The number of likely N-dealkylation sites (N-methyl/N-ethyl adjacent to an activating group) is 1. The summed E-state index contributed by atoms with van der Waals surface area (Å²) in [6.07, 6.45) is 2.93. The zero-order valence-corrected chi connectivity index (χ0v) is 10.4. The number of halogens is 1. The van der Waals surface area contributed by atoms with E-state index in [1.165, 1.54) is 0 Å². The molecule has 6 heteroatoms. The van der Waals surface area contributed by atoms with Crippen molar-refractivity contribution in [2.24, 2.45) is 5.73 Å². The lowest BCUT2D eigenvalue weighted by molar-refractivity contribution is 0.0748. The fraction of sp³-hybridized carbons (Fsp3) is 0.500. The van der Waals surface area contributed by atoms with Crippen LogP contribution in [0.3, 0.4) is 0 Å². The van der Waals surface area contributed by atoms with Gasteiger partial charge in [-0.15, -0.1) is 0 Å². The number of carbonyl (C=O) groups is 1. The smallest absolute Gasteiger partial charge is 0.257 e. The lowest BCUT2D eigenvalue weighted by Crippen LogP contribution is -2.36. The number of nitrogens with two attached hydrogens (primary N) is 1. The summed E-state index contributed by atoms with van der Waals surface area (Å²) in [6, 6.07) is 0. The Kier molecular flexibility index (Phi) is 3.76. The third-order valence-electron chi connectivity index (χ3n) is 3.14. The Hall–Kier alpha value is -1.69. The van der Waals surface area contributed by atoms with Gasteiger partial charge in [0, 0.05) is 32.3 Å². The van der Waals surface area contributed by atoms with Crippen molar-refractivity contribution in [2.75, 3.05) is 19.6 Å². The number of fused-ring (bicyclic) bond motifs is 1. The molecule has 2 heterocycles. The Bertz CT molecular complexity index is 480. The van der Waals surface area contributed by atoms with Crippen LogP contribution in [0.2, 0.25) is 0 Å². The molecule has 1 aliphatic heterocycles. The number of nitrogens with zero attached hydrogens (tertiary/aromatic N) is 3. The average molecular weight is 252 g/mol. The number of aromatic nitrogens is 2. The molecular formula is C12H17FN4O. The predicted octanol–water partition coefficient (Wildman–Crippen LogP) is 0.713. The lowest BCUT2D eigenvalue weighted by atomic mass is 10.1. The molecule has 0 spiro atoms. The van der Waals surface area contributed by atoms with Crippen LogP contribution >= 0.6 is 0 Å². The van der Waals surface area contributed by atoms with E-state index in [1.807, 2.05) is 6.92 Å². The fourth-order valence-electron chi connectivity index (χ4n) is 2.07. The molecule has 1 aromatic rings. The standard InChI is InChI=1S/C12H17FN4O/c1-2-16-4-3-11-10(12(16)18)8-17(15-11)7-9(5-13)6-14/h5,8H,2-4,6-7,14H2,1H3/b9-5+. The van der Waals surface area contributed by atoms with Crippen LogP contribution in [0.1, 0.15) is 23.0 Å². The molecule has 18 heavy (non-hydrogen) atoms. The molecule has 0 aliphatic carbocycles. The molecule has 0 aromatic carbocycles. The van der Waals surface area contributed by atoms with E-state index in [0.29, 0.717) is 37.1 Å². The van der Waals surface area contributed by atoms with E-state index in [-0.39, 0.29) is 12.5 Å². The number of hydrogen-bond donors (Lipinski definition) is 1. The van der Waals surface area contributed by atoms with E-state index in [2.05, 4.69) is 5.10 Å². The largest absolute Gasteiger partial charge is 0.338 e. The van der Waals surface area contributed by atoms with Gasteiger partial charge in [-0.3, -0.25) is 9.48 Å². The van der Waals surface area contributed by atoms with Crippen LogP contribution in [0.25, 0.3) is 0 Å². The Morgan fingerprint density at radius 1 is 1.67 bits per heavy atom. The van der Waals surface area contributed by atoms with Crippen LogP contribution in [0.5, 0.6) is 0 Å². The fourth-order valence-corrected chi connectivity index (χ4v) is 2.07. The first-order valence-corrected chi connectivity index (χ1v) is 6.03. The van der Waals surface area contributed by atoms with Crippen molar-refractivity contribution < 1.29 is 9.18 Å². The first-order valence-electron chi connectivity index (χ1n) is 6.03. The minimum absolute atomic E-state index is 0.00327. The molecule has 1 amide bonds. The summed E-state index contributed by atoms with van der Waals surface area (Å²) in [5.74, 6) is 0.00327. The second-order valence-electron chi connectivity index (χ2n) is 4.29. The lowest BCUT2D eigenvalue weighted by Gasteiger charge is -2.24. The van der Waals surface area contributed by atoms with Crippen LogP contribution in [0.4, 0.5) is 4.39 Å². The van der Waals surface area contributed by atoms with Gasteiger partial charge < -0.3 is 10.6 Å². The molecule has 1 aromatic heterocycles. The Balaban J connectivity index is 2.21. The summed E-state index contributed by atoms with van der Waals surface area (Å²) >= 11 is 0. The SMILES string of the molecule is CCN1CCc2nn(C/C(=C/F)CN)cc2C1=O. The van der Waals surface area contributed by atoms with Gasteiger partial charge in [0.1, 0.15) is 0 Å². The maximum atomic E-state index is 12.5. The summed E-state index contributed by atoms with van der Waals surface area (Å²) < 4.78 is 14.0. The van der Waals surface area contributed by atoms with Crippen molar-refractivity contribution in [1.82, 2.24) is 14.7 Å². The van der Waals surface area contributed by atoms with Gasteiger partial charge in [-0.05, 0) is 12.5 Å². The van der Waals surface area contributed by atoms with Crippen molar-refractivity contribution in [1.29, 1.82) is 0 Å². The highest BCUT2D eigenvalue weighted by Gasteiger charge is 2.26. The first-order chi connectivity index (χ1) is 8.69. The van der Waals surface area contributed by atoms with Gasteiger partial charge in [0.15, 0.2) is 0 Å². The van der Waals surface area contributed by atoms with E-state index in [0.717, 1.165) is 12.1 Å². The number of amides is 1. The van der Waals surface area contributed by atoms with Gasteiger partial charge in [-0.1, -0.05) is 0 Å². The van der Waals surface area contributed by atoms with E-state index >= 15 is 0 Å². The molecule has 0 atom stereocenters. The van der Waals surface area contributed by atoms with Gasteiger partial charge in [-0.2, -0.15) is 5.10 Å². The normalized spacial score (nSPS) is 16.1. The molecule has 0 saturated carbocycles. The topological polar surface area (TPSA) is 64.2 Å². The van der Waals surface area contributed by atoms with Gasteiger partial charge in [-0.25, -0.2) is 4.39 Å². The molecule has 0 saturated heterocycles. The quantitative estimate of drug-likeness (QED) is 0.858. The highest BCUT2D eigenvalue weighted by atomic mass is 19.1. The molecule has 2 N–H and O–H groups in total. The molecule has 5 nitrogen and oxygen atoms in total. The maximum absolute atomic E-state index is 12.5. The second kappa shape index (κ2) is 5.30. The van der Waals surface area contributed by atoms with Crippen LogP contribution in [-0.4, -0.2) is 40.2 Å². The molecule has 0 radical (unpaired) electrons. The van der Waals surface area contributed by atoms with Crippen molar-refractivity contribution in [3.05, 3.63) is 29.4 Å². The first kappa shape index (κ1) is 12.8. The summed E-state index contributed by atoms with van der Waals surface area (Å²) in [6.45, 7) is 3.78. The molecule has 1 aliphatic rings. The molecule has 98 valence electrons. The third kappa shape index (κ3) is 2.28. The van der Waals surface area contributed by atoms with Crippen molar-refractivity contribution in [3.8, 4) is 0 Å². The Labute approximate surface area is 105 Å². The third-order valence-corrected chi connectivity index (χ3v) is 3.14. The monoisotopic (exact) mass is 252 g/mol. The average Bonchev–Trinajstić information content (AvgIpc) is 2.80. The van der Waals surface area contributed by atoms with E-state index in [4.69, 9.17) is 5.73 Å². The van der Waals surface area contributed by atoms with Gasteiger partial charge in [0.25, 0.3) is 5.91 Å². The van der Waals surface area contributed by atoms with Crippen LogP contribution in [0, 0.1) is 0 Å². The zero-order valence-electron chi connectivity index (χ0n) is 10.4. The maximum Gasteiger partial charge on any atom is 0.257 e. The van der Waals surface area contributed by atoms with Gasteiger partial charge >= 0.3 is 0 Å². The number of carbonyl (C=O) groups excluding carboxylic acids is 1. The van der Waals surface area contributed by atoms with Crippen molar-refractivity contribution in [2.45, 2.75) is 19.9 Å². The minimum Gasteiger partial charge on any atom is -0.338 e. The van der Waals surface area contributed by atoms with Crippen molar-refractivity contribution >= 4 is 5.91 Å². The molecule has 0 unspecified atom stereocenters. The minimum atomic E-state index is 0.00327. The molecular weight excluding hydrogens is 235 g/mol. The summed E-state index contributed by atoms with van der Waals surface area (Å²) in [4.78, 5) is 13.8. The van der Waals surface area contributed by atoms with E-state index in [1.54, 1.807) is 15.8 Å². The highest BCUT2D eigenvalue weighted by molar-refractivity contribution is 5.96. The van der Waals surface area contributed by atoms with E-state index in [9.17, 15) is 9.18 Å². The number of hydrogen-bond acceptors (Lipinski definition) is 3. The number of rotatable bonds is 4. The summed E-state index contributed by atoms with van der Waals surface area (Å²) in [7, 11) is 0. The Morgan fingerprint density at radius 2 is 2.44 bits per heavy atom. The van der Waals surface area contributed by atoms with Crippen molar-refractivity contribution in [3.63, 3.8) is 0 Å². The summed E-state index contributed by atoms with van der Waals surface area (Å²) in [5, 5.41) is 4.31. The zero-order chi connectivity index (χ0) is 13.1. The molecule has 0 bridgehead atoms. The second-order valence-corrected chi connectivity index (χ2v) is 4.29. The summed E-state index contributed by atoms with van der Waals surface area (Å²) in [5.41, 5.74) is 7.27. The predicted molar refractivity (Wildman–Crippen MR) is 65.8 cm³/mol.